The van der Waals surface area contributed by atoms with Gasteiger partial charge in [-0.3, -0.25) is 19.8 Å². The average Bonchev–Trinajstić information content (AvgIpc) is 2.66. The normalized spacial score (nSPS) is 18.9. The Labute approximate surface area is 173 Å². The van der Waals surface area contributed by atoms with Crippen LogP contribution in [0.3, 0.4) is 0 Å². The molecule has 1 aliphatic heterocycles. The maximum atomic E-state index is 12.8. The van der Waals surface area contributed by atoms with Gasteiger partial charge in [0.05, 0.1) is 23.1 Å². The molecular weight excluding hydrogens is 394 g/mol. The lowest BCUT2D eigenvalue weighted by atomic mass is 9.91. The van der Waals surface area contributed by atoms with Crippen LogP contribution in [0.15, 0.2) is 35.5 Å². The molecule has 1 amide bonds. The highest BCUT2D eigenvalue weighted by Gasteiger charge is 2.44. The van der Waals surface area contributed by atoms with Crippen molar-refractivity contribution < 1.29 is 29.2 Å². The van der Waals surface area contributed by atoms with Gasteiger partial charge in [-0.15, -0.1) is 0 Å². The van der Waals surface area contributed by atoms with Crippen molar-refractivity contribution in [3.63, 3.8) is 0 Å². The average molecular weight is 419 g/mol. The van der Waals surface area contributed by atoms with Crippen LogP contribution in [-0.2, 0) is 14.3 Å². The van der Waals surface area contributed by atoms with E-state index in [9.17, 15) is 29.6 Å². The monoisotopic (exact) mass is 419 g/mol. The first-order valence-corrected chi connectivity index (χ1v) is 9.49. The number of nitro benzene ring substituents is 1. The number of ether oxygens (including phenoxy) is 1. The number of carboxylic acid groups (broad SMARTS) is 1. The molecule has 1 aromatic carbocycles. The molecule has 0 aromatic heterocycles. The molecule has 0 spiro atoms. The number of rotatable bonds is 7. The summed E-state index contributed by atoms with van der Waals surface area (Å²) in [4.78, 5) is 50.1. The molecule has 1 heterocycles. The van der Waals surface area contributed by atoms with Crippen molar-refractivity contribution >= 4 is 23.5 Å². The van der Waals surface area contributed by atoms with Gasteiger partial charge < -0.3 is 14.7 Å². The van der Waals surface area contributed by atoms with Crippen molar-refractivity contribution in [3.05, 3.63) is 51.2 Å². The Bertz CT molecular complexity index is 896. The second-order valence-corrected chi connectivity index (χ2v) is 6.94. The highest BCUT2D eigenvalue weighted by molar-refractivity contribution is 5.91. The third kappa shape index (κ3) is 4.58. The molecule has 30 heavy (non-hydrogen) atoms. The number of nitrogens with zero attached hydrogens (tertiary/aromatic N) is 3. The minimum atomic E-state index is -1.27. The summed E-state index contributed by atoms with van der Waals surface area (Å²) < 4.78 is 5.16. The molecule has 2 unspecified atom stereocenters. The Morgan fingerprint density at radius 2 is 1.97 bits per heavy atom. The van der Waals surface area contributed by atoms with Crippen molar-refractivity contribution in [1.29, 1.82) is 0 Å². The van der Waals surface area contributed by atoms with Crippen LogP contribution in [0.25, 0.3) is 0 Å². The number of benzene rings is 1. The highest BCUT2D eigenvalue weighted by atomic mass is 16.6. The van der Waals surface area contributed by atoms with Gasteiger partial charge in [-0.25, -0.2) is 9.59 Å². The van der Waals surface area contributed by atoms with Gasteiger partial charge in [0.2, 0.25) is 0 Å². The first-order valence-electron chi connectivity index (χ1n) is 9.49. The van der Waals surface area contributed by atoms with Crippen molar-refractivity contribution in [2.75, 3.05) is 13.2 Å². The van der Waals surface area contributed by atoms with Gasteiger partial charge in [0.1, 0.15) is 11.9 Å². The van der Waals surface area contributed by atoms with Gasteiger partial charge in [0.25, 0.3) is 5.69 Å². The van der Waals surface area contributed by atoms with E-state index in [0.29, 0.717) is 5.70 Å². The zero-order chi connectivity index (χ0) is 22.6. The topological polar surface area (TPSA) is 130 Å². The van der Waals surface area contributed by atoms with Crippen LogP contribution in [0.2, 0.25) is 0 Å². The summed E-state index contributed by atoms with van der Waals surface area (Å²) in [5.41, 5.74) is 0.343. The lowest BCUT2D eigenvalue weighted by molar-refractivity contribution is -0.385. The van der Waals surface area contributed by atoms with E-state index in [1.807, 2.05) is 0 Å². The van der Waals surface area contributed by atoms with E-state index in [2.05, 4.69) is 0 Å². The molecule has 2 rings (SSSR count). The summed E-state index contributed by atoms with van der Waals surface area (Å²) in [7, 11) is 0. The standard InChI is InChI=1S/C20H25N3O7/c1-5-30-20(27)22-14(4)21(10-9-12(2)24)13(3)17(19(25)26)18(22)15-7-6-8-16(11-15)23(28)29/h6-8,11,14,18H,5,9-10H2,1-4H3,(H,25,26). The number of non-ortho nitro benzene ring substituents is 1. The summed E-state index contributed by atoms with van der Waals surface area (Å²) >= 11 is 0. The molecule has 0 saturated carbocycles. The van der Waals surface area contributed by atoms with Gasteiger partial charge in [-0.2, -0.15) is 0 Å². The minimum absolute atomic E-state index is 0.0717. The lowest BCUT2D eigenvalue weighted by Gasteiger charge is -2.47. The largest absolute Gasteiger partial charge is 0.478 e. The Morgan fingerprint density at radius 1 is 1.30 bits per heavy atom. The molecule has 0 radical (unpaired) electrons. The molecule has 162 valence electrons. The molecule has 2 atom stereocenters. The fraction of sp³-hybridized carbons (Fsp3) is 0.450. The van der Waals surface area contributed by atoms with Crippen LogP contribution in [-0.4, -0.2) is 57.0 Å². The molecule has 0 aliphatic carbocycles. The summed E-state index contributed by atoms with van der Waals surface area (Å²) in [6.07, 6.45) is -1.22. The van der Waals surface area contributed by atoms with Crippen molar-refractivity contribution in [3.8, 4) is 0 Å². The zero-order valence-corrected chi connectivity index (χ0v) is 17.3. The van der Waals surface area contributed by atoms with E-state index >= 15 is 0 Å². The van der Waals surface area contributed by atoms with Crippen LogP contribution >= 0.6 is 0 Å². The number of carboxylic acids is 1. The van der Waals surface area contributed by atoms with Crippen LogP contribution in [0.4, 0.5) is 10.5 Å². The van der Waals surface area contributed by atoms with Gasteiger partial charge in [0, 0.05) is 30.8 Å². The van der Waals surface area contributed by atoms with Crippen LogP contribution in [0, 0.1) is 10.1 Å². The van der Waals surface area contributed by atoms with E-state index in [1.165, 1.54) is 36.1 Å². The molecular formula is C20H25N3O7. The van der Waals surface area contributed by atoms with Gasteiger partial charge in [0.15, 0.2) is 0 Å². The SMILES string of the molecule is CCOC(=O)N1C(c2cccc([N+](=O)[O-])c2)C(C(=O)O)=C(C)N(CCC(C)=O)C1C. The predicted octanol–water partition coefficient (Wildman–Crippen LogP) is 3.09. The van der Waals surface area contributed by atoms with Crippen molar-refractivity contribution in [2.45, 2.75) is 46.3 Å². The summed E-state index contributed by atoms with van der Waals surface area (Å²) in [6.45, 7) is 6.65. The fourth-order valence-corrected chi connectivity index (χ4v) is 3.63. The van der Waals surface area contributed by atoms with Crippen LogP contribution in [0.1, 0.15) is 45.7 Å². The minimum Gasteiger partial charge on any atom is -0.478 e. The Hall–Kier alpha value is -3.43. The summed E-state index contributed by atoms with van der Waals surface area (Å²) in [5.74, 6) is -1.34. The Kier molecular flexibility index (Phi) is 7.14. The van der Waals surface area contributed by atoms with Crippen LogP contribution in [0.5, 0.6) is 0 Å². The first-order chi connectivity index (χ1) is 14.1. The zero-order valence-electron chi connectivity index (χ0n) is 17.3. The number of amides is 1. The van der Waals surface area contributed by atoms with E-state index in [0.717, 1.165) is 0 Å². The second kappa shape index (κ2) is 9.38. The maximum absolute atomic E-state index is 12.8. The lowest BCUT2D eigenvalue weighted by Crippen LogP contribution is -2.55. The predicted molar refractivity (Wildman–Crippen MR) is 107 cm³/mol. The third-order valence-electron chi connectivity index (χ3n) is 5.04. The van der Waals surface area contributed by atoms with Crippen molar-refractivity contribution in [2.24, 2.45) is 0 Å². The quantitative estimate of drug-likeness (QED) is 0.527. The Morgan fingerprint density at radius 3 is 2.50 bits per heavy atom. The van der Waals surface area contributed by atoms with E-state index in [-0.39, 0.29) is 42.2 Å². The molecule has 0 saturated heterocycles. The Balaban J connectivity index is 2.70. The van der Waals surface area contributed by atoms with Crippen molar-refractivity contribution in [1.82, 2.24) is 9.80 Å². The molecule has 0 bridgehead atoms. The maximum Gasteiger partial charge on any atom is 0.412 e. The summed E-state index contributed by atoms with van der Waals surface area (Å²) in [6, 6.07) is 4.44. The molecule has 10 nitrogen and oxygen atoms in total. The number of Topliss-reactive ketones (excluding diaryl/α,β-unsaturated/α-hetero) is 1. The molecule has 10 heteroatoms. The van der Waals surface area contributed by atoms with Gasteiger partial charge in [-0.05, 0) is 33.3 Å². The second-order valence-electron chi connectivity index (χ2n) is 6.94. The first kappa shape index (κ1) is 22.9. The highest BCUT2D eigenvalue weighted by Crippen LogP contribution is 2.40. The number of nitro groups is 1. The molecule has 1 N–H and O–H groups in total. The molecule has 0 fully saturated rings. The van der Waals surface area contributed by atoms with E-state index in [1.54, 1.807) is 25.7 Å². The van der Waals surface area contributed by atoms with E-state index in [4.69, 9.17) is 4.74 Å². The van der Waals surface area contributed by atoms with Gasteiger partial charge >= 0.3 is 12.1 Å². The smallest absolute Gasteiger partial charge is 0.412 e. The number of carbonyl (C=O) groups is 3. The fourth-order valence-electron chi connectivity index (χ4n) is 3.63. The van der Waals surface area contributed by atoms with Crippen LogP contribution < -0.4 is 0 Å². The number of hydrogen-bond donors (Lipinski definition) is 1. The summed E-state index contributed by atoms with van der Waals surface area (Å²) in [5, 5.41) is 21.2. The van der Waals surface area contributed by atoms with Gasteiger partial charge in [-0.1, -0.05) is 12.1 Å². The van der Waals surface area contributed by atoms with E-state index < -0.39 is 29.2 Å². The number of allylic oxidation sites excluding steroid dienone is 1. The number of ketones is 1. The molecule has 1 aliphatic rings. The molecule has 1 aromatic rings. The number of hydrogen-bond acceptors (Lipinski definition) is 7. The number of carbonyl (C=O) groups excluding carboxylic acids is 2. The third-order valence-corrected chi connectivity index (χ3v) is 5.04. The number of aliphatic carboxylic acids is 1.